The zero-order valence-corrected chi connectivity index (χ0v) is 26.5. The number of nitrogens with zero attached hydrogens (tertiary/aromatic N) is 2. The molecule has 0 heterocycles. The second-order valence-electron chi connectivity index (χ2n) is 10.9. The van der Waals surface area contributed by atoms with Gasteiger partial charge in [-0.2, -0.15) is 0 Å². The van der Waals surface area contributed by atoms with Crippen LogP contribution in [0.1, 0.15) is 55.7 Å². The lowest BCUT2D eigenvalue weighted by Gasteiger charge is -2.33. The summed E-state index contributed by atoms with van der Waals surface area (Å²) in [5, 5.41) is 4.03. The Balaban J connectivity index is 1.69. The summed E-state index contributed by atoms with van der Waals surface area (Å²) in [4.78, 5) is 29.0. The van der Waals surface area contributed by atoms with E-state index in [1.165, 1.54) is 17.0 Å². The van der Waals surface area contributed by atoms with E-state index in [9.17, 15) is 18.0 Å². The molecule has 3 aromatic rings. The fraction of sp³-hybridized carbons (Fsp3) is 0.375. The zero-order chi connectivity index (χ0) is 30.4. The fourth-order valence-corrected chi connectivity index (χ4v) is 6.75. The van der Waals surface area contributed by atoms with Crippen LogP contribution in [0.4, 0.5) is 5.69 Å². The summed E-state index contributed by atoms with van der Waals surface area (Å²) >= 11 is 12.5. The van der Waals surface area contributed by atoms with Crippen molar-refractivity contribution in [3.05, 3.63) is 93.5 Å². The third-order valence-electron chi connectivity index (χ3n) is 7.72. The molecule has 10 heteroatoms. The Morgan fingerprint density at radius 2 is 1.57 bits per heavy atom. The van der Waals surface area contributed by atoms with Crippen molar-refractivity contribution in [1.29, 1.82) is 0 Å². The van der Waals surface area contributed by atoms with Crippen molar-refractivity contribution in [2.24, 2.45) is 0 Å². The number of hydrogen-bond donors (Lipinski definition) is 1. The molecule has 1 aliphatic rings. The Morgan fingerprint density at radius 1 is 0.929 bits per heavy atom. The largest absolute Gasteiger partial charge is 0.352 e. The SMILES string of the molecule is Cc1ccc(S(=O)(=O)N(CC(=O)N(Cc2ccc(Cl)cc2)[C@H](C)C(=O)NC2CCCCC2)c2ccc(C)c(Cl)c2)cc1. The van der Waals surface area contributed by atoms with E-state index in [1.54, 1.807) is 61.5 Å². The van der Waals surface area contributed by atoms with Gasteiger partial charge in [-0.05, 0) is 81.1 Å². The highest BCUT2D eigenvalue weighted by atomic mass is 35.5. The molecule has 0 aromatic heterocycles. The van der Waals surface area contributed by atoms with Crippen LogP contribution in [0, 0.1) is 13.8 Å². The summed E-state index contributed by atoms with van der Waals surface area (Å²) in [7, 11) is -4.17. The number of sulfonamides is 1. The highest BCUT2D eigenvalue weighted by Crippen LogP contribution is 2.29. The molecule has 7 nitrogen and oxygen atoms in total. The Hall–Kier alpha value is -3.07. The van der Waals surface area contributed by atoms with Gasteiger partial charge in [-0.15, -0.1) is 0 Å². The molecule has 1 saturated carbocycles. The van der Waals surface area contributed by atoms with Gasteiger partial charge in [0, 0.05) is 22.6 Å². The molecule has 1 aliphatic carbocycles. The Labute approximate surface area is 258 Å². The first kappa shape index (κ1) is 31.9. The van der Waals surface area contributed by atoms with Gasteiger partial charge < -0.3 is 10.2 Å². The Kier molecular flexibility index (Phi) is 10.6. The van der Waals surface area contributed by atoms with Gasteiger partial charge in [0.25, 0.3) is 10.0 Å². The zero-order valence-electron chi connectivity index (χ0n) is 24.1. The predicted molar refractivity (Wildman–Crippen MR) is 168 cm³/mol. The summed E-state index contributed by atoms with van der Waals surface area (Å²) in [6.07, 6.45) is 5.06. The van der Waals surface area contributed by atoms with Crippen molar-refractivity contribution in [3.8, 4) is 0 Å². The monoisotopic (exact) mass is 629 g/mol. The van der Waals surface area contributed by atoms with Crippen LogP contribution in [-0.2, 0) is 26.2 Å². The maximum atomic E-state index is 14.1. The highest BCUT2D eigenvalue weighted by Gasteiger charge is 2.33. The van der Waals surface area contributed by atoms with Crippen LogP contribution in [0.15, 0.2) is 71.6 Å². The van der Waals surface area contributed by atoms with E-state index in [-0.39, 0.29) is 29.1 Å². The summed E-state index contributed by atoms with van der Waals surface area (Å²) in [5.41, 5.74) is 2.69. The van der Waals surface area contributed by atoms with Crippen LogP contribution < -0.4 is 9.62 Å². The first-order chi connectivity index (χ1) is 20.0. The summed E-state index contributed by atoms with van der Waals surface area (Å²) in [5.74, 6) is -0.792. The third kappa shape index (κ3) is 7.85. The van der Waals surface area contributed by atoms with Crippen LogP contribution in [-0.4, -0.2) is 43.8 Å². The van der Waals surface area contributed by atoms with Crippen molar-refractivity contribution in [2.45, 2.75) is 76.4 Å². The molecular weight excluding hydrogens is 593 g/mol. The van der Waals surface area contributed by atoms with Crippen LogP contribution in [0.25, 0.3) is 0 Å². The second-order valence-corrected chi connectivity index (χ2v) is 13.6. The smallest absolute Gasteiger partial charge is 0.264 e. The number of aryl methyl sites for hydroxylation is 2. The third-order valence-corrected chi connectivity index (χ3v) is 10.2. The number of carbonyl (C=O) groups excluding carboxylic acids is 2. The van der Waals surface area contributed by atoms with Gasteiger partial charge in [0.2, 0.25) is 11.8 Å². The topological polar surface area (TPSA) is 86.8 Å². The number of anilines is 1. The predicted octanol–water partition coefficient (Wildman–Crippen LogP) is 6.67. The molecule has 3 aromatic carbocycles. The number of hydrogen-bond acceptors (Lipinski definition) is 4. The molecule has 0 spiro atoms. The number of halogens is 2. The lowest BCUT2D eigenvalue weighted by Crippen LogP contribution is -2.53. The van der Waals surface area contributed by atoms with Gasteiger partial charge in [0.1, 0.15) is 12.6 Å². The van der Waals surface area contributed by atoms with Crippen molar-refractivity contribution in [3.63, 3.8) is 0 Å². The van der Waals surface area contributed by atoms with Crippen LogP contribution in [0.2, 0.25) is 10.0 Å². The molecule has 1 N–H and O–H groups in total. The van der Waals surface area contributed by atoms with E-state index < -0.39 is 28.5 Å². The molecule has 0 aliphatic heterocycles. The number of amides is 2. The normalized spacial score (nSPS) is 14.7. The molecule has 0 unspecified atom stereocenters. The minimum absolute atomic E-state index is 0.0462. The van der Waals surface area contributed by atoms with E-state index in [4.69, 9.17) is 23.2 Å². The quantitative estimate of drug-likeness (QED) is 0.271. The van der Waals surface area contributed by atoms with Gasteiger partial charge in [0.05, 0.1) is 10.6 Å². The molecule has 4 rings (SSSR count). The van der Waals surface area contributed by atoms with E-state index >= 15 is 0 Å². The molecule has 1 fully saturated rings. The average molecular weight is 631 g/mol. The molecular formula is C32H37Cl2N3O4S. The maximum Gasteiger partial charge on any atom is 0.264 e. The summed E-state index contributed by atoms with van der Waals surface area (Å²) in [6, 6.07) is 17.6. The van der Waals surface area contributed by atoms with Crippen molar-refractivity contribution < 1.29 is 18.0 Å². The maximum absolute atomic E-state index is 14.1. The minimum atomic E-state index is -4.17. The number of nitrogens with one attached hydrogen (secondary N) is 1. The Bertz CT molecular complexity index is 1510. The first-order valence-corrected chi connectivity index (χ1v) is 16.3. The van der Waals surface area contributed by atoms with Gasteiger partial charge in [-0.25, -0.2) is 8.42 Å². The van der Waals surface area contributed by atoms with E-state index in [1.807, 2.05) is 13.8 Å². The number of rotatable bonds is 10. The molecule has 1 atom stereocenters. The van der Waals surface area contributed by atoms with Crippen LogP contribution in [0.5, 0.6) is 0 Å². The number of carbonyl (C=O) groups is 2. The lowest BCUT2D eigenvalue weighted by atomic mass is 9.95. The van der Waals surface area contributed by atoms with Gasteiger partial charge in [-0.1, -0.05) is 78.4 Å². The van der Waals surface area contributed by atoms with E-state index in [0.717, 1.165) is 53.1 Å². The second kappa shape index (κ2) is 13.9. The van der Waals surface area contributed by atoms with Crippen molar-refractivity contribution in [1.82, 2.24) is 10.2 Å². The lowest BCUT2D eigenvalue weighted by molar-refractivity contribution is -0.139. The number of benzene rings is 3. The standard InChI is InChI=1S/C32H37Cl2N3O4S/c1-22-9-17-29(18-10-22)42(40,41)37(28-16-11-23(2)30(34)19-28)21-31(38)36(20-25-12-14-26(33)15-13-25)24(3)32(39)35-27-7-5-4-6-8-27/h9-19,24,27H,4-8,20-21H2,1-3H3,(H,35,39)/t24-/m1/s1. The molecule has 0 saturated heterocycles. The average Bonchev–Trinajstić information content (AvgIpc) is 2.97. The van der Waals surface area contributed by atoms with Gasteiger partial charge >= 0.3 is 0 Å². The first-order valence-electron chi connectivity index (χ1n) is 14.2. The minimum Gasteiger partial charge on any atom is -0.352 e. The molecule has 0 radical (unpaired) electrons. The fourth-order valence-electron chi connectivity index (χ4n) is 5.04. The molecule has 2 amide bonds. The summed E-state index contributed by atoms with van der Waals surface area (Å²) < 4.78 is 29.0. The van der Waals surface area contributed by atoms with Crippen molar-refractivity contribution >= 4 is 50.7 Å². The van der Waals surface area contributed by atoms with Crippen molar-refractivity contribution in [2.75, 3.05) is 10.8 Å². The summed E-state index contributed by atoms with van der Waals surface area (Å²) in [6.45, 7) is 4.93. The highest BCUT2D eigenvalue weighted by molar-refractivity contribution is 7.92. The van der Waals surface area contributed by atoms with E-state index in [0.29, 0.717) is 10.0 Å². The molecule has 0 bridgehead atoms. The molecule has 224 valence electrons. The van der Waals surface area contributed by atoms with Gasteiger partial charge in [-0.3, -0.25) is 13.9 Å². The molecule has 42 heavy (non-hydrogen) atoms. The van der Waals surface area contributed by atoms with E-state index in [2.05, 4.69) is 5.32 Å². The Morgan fingerprint density at radius 3 is 2.19 bits per heavy atom. The van der Waals surface area contributed by atoms with Crippen LogP contribution >= 0.6 is 23.2 Å². The van der Waals surface area contributed by atoms with Crippen LogP contribution in [0.3, 0.4) is 0 Å². The van der Waals surface area contributed by atoms with Gasteiger partial charge in [0.15, 0.2) is 0 Å².